The first-order chi connectivity index (χ1) is 6.76. The molecule has 0 unspecified atom stereocenters. The molecule has 0 aliphatic carbocycles. The van der Waals surface area contributed by atoms with Crippen molar-refractivity contribution in [1.82, 2.24) is 0 Å². The first-order valence-corrected chi connectivity index (χ1v) is 4.69. The number of likely N-dealkylation sites (N-methyl/N-ethyl adjacent to an activating group) is 1. The number of nitrogens with zero attached hydrogens (tertiary/aromatic N) is 1. The molecule has 0 aliphatic rings. The molecule has 94 valence electrons. The maximum Gasteiger partial charge on any atom is 0.330 e. The highest BCUT2D eigenvalue weighted by Crippen LogP contribution is 1.95. The number of carbonyl (C=O) groups is 1. The Labute approximate surface area is 105 Å². The minimum atomic E-state index is -0.935. The second-order valence-electron chi connectivity index (χ2n) is 3.96. The Kier molecular flexibility index (Phi) is 13.3. The zero-order chi connectivity index (χ0) is 12.5. The van der Waals surface area contributed by atoms with Gasteiger partial charge in [-0.3, -0.25) is 0 Å². The zero-order valence-corrected chi connectivity index (χ0v) is 11.1. The van der Waals surface area contributed by atoms with E-state index in [1.165, 1.54) is 6.92 Å². The highest BCUT2D eigenvalue weighted by atomic mass is 35.5. The predicted octanol–water partition coefficient (Wildman–Crippen LogP) is -0.914. The van der Waals surface area contributed by atoms with Gasteiger partial charge in [0.2, 0.25) is 0 Å². The van der Waals surface area contributed by atoms with E-state index in [2.05, 4.69) is 33.8 Å². The molecule has 16 heavy (non-hydrogen) atoms. The molecular weight excluding hydrogens is 226 g/mol. The summed E-state index contributed by atoms with van der Waals surface area (Å²) in [5.41, 5.74) is 0.176. The van der Waals surface area contributed by atoms with Gasteiger partial charge in [-0.05, 0) is 19.1 Å². The van der Waals surface area contributed by atoms with E-state index in [0.29, 0.717) is 0 Å². The molecule has 0 atom stereocenters. The topological polar surface area (TPSA) is 37.3 Å². The lowest BCUT2D eigenvalue weighted by Gasteiger charge is -2.26. The summed E-state index contributed by atoms with van der Waals surface area (Å²) in [5, 5.41) is 7.89. The lowest BCUT2D eigenvalue weighted by atomic mass is 10.4. The van der Waals surface area contributed by atoms with Gasteiger partial charge in [0.1, 0.15) is 0 Å². The third-order valence-corrected chi connectivity index (χ3v) is 1.61. The van der Waals surface area contributed by atoms with Gasteiger partial charge < -0.3 is 22.0 Å². The second-order valence-corrected chi connectivity index (χ2v) is 3.96. The van der Waals surface area contributed by atoms with Crippen LogP contribution in [0.2, 0.25) is 0 Å². The summed E-state index contributed by atoms with van der Waals surface area (Å²) in [5.74, 6) is -0.935. The number of quaternary nitrogens is 1. The van der Waals surface area contributed by atoms with Crippen LogP contribution in [0.4, 0.5) is 0 Å². The van der Waals surface area contributed by atoms with E-state index in [0.717, 1.165) is 17.6 Å². The smallest absolute Gasteiger partial charge is 0.330 e. The van der Waals surface area contributed by atoms with Crippen LogP contribution in [0.15, 0.2) is 37.5 Å². The zero-order valence-electron chi connectivity index (χ0n) is 10.4. The van der Waals surface area contributed by atoms with Crippen molar-refractivity contribution in [3.8, 4) is 0 Å². The maximum atomic E-state index is 9.60. The summed E-state index contributed by atoms with van der Waals surface area (Å²) < 4.78 is 0.951. The number of aliphatic carboxylic acids is 1. The van der Waals surface area contributed by atoms with Crippen LogP contribution in [0.1, 0.15) is 6.92 Å². The number of carboxylic acid groups (broad SMARTS) is 1. The van der Waals surface area contributed by atoms with Crippen LogP contribution in [-0.4, -0.2) is 42.7 Å². The largest absolute Gasteiger partial charge is 1.00 e. The van der Waals surface area contributed by atoms with Gasteiger partial charge >= 0.3 is 5.97 Å². The Morgan fingerprint density at radius 2 is 1.50 bits per heavy atom. The molecule has 0 radical (unpaired) electrons. The molecule has 0 saturated carbocycles. The van der Waals surface area contributed by atoms with Crippen LogP contribution < -0.4 is 12.4 Å². The molecule has 0 spiro atoms. The molecule has 0 amide bonds. The lowest BCUT2D eigenvalue weighted by molar-refractivity contribution is -0.878. The highest BCUT2D eigenvalue weighted by molar-refractivity contribution is 5.84. The summed E-state index contributed by atoms with van der Waals surface area (Å²) in [7, 11) is 4.31. The molecule has 0 aromatic rings. The molecule has 1 N–H and O–H groups in total. The Balaban J connectivity index is -0.000000214. The van der Waals surface area contributed by atoms with Crippen LogP contribution in [0, 0.1) is 0 Å². The van der Waals surface area contributed by atoms with Crippen LogP contribution >= 0.6 is 0 Å². The van der Waals surface area contributed by atoms with Crippen molar-refractivity contribution in [2.75, 3.05) is 27.2 Å². The fourth-order valence-corrected chi connectivity index (χ4v) is 0.774. The third-order valence-electron chi connectivity index (χ3n) is 1.61. The summed E-state index contributed by atoms with van der Waals surface area (Å²) in [6, 6.07) is 0. The predicted molar refractivity (Wildman–Crippen MR) is 64.7 cm³/mol. The highest BCUT2D eigenvalue weighted by Gasteiger charge is 2.07. The average molecular weight is 248 g/mol. The number of hydrogen-bond donors (Lipinski definition) is 1. The summed E-state index contributed by atoms with van der Waals surface area (Å²) in [4.78, 5) is 9.60. The van der Waals surface area contributed by atoms with E-state index in [1.54, 1.807) is 0 Å². The number of hydrogen-bond acceptors (Lipinski definition) is 1. The van der Waals surface area contributed by atoms with Gasteiger partial charge in [-0.15, -0.1) is 0 Å². The normalized spacial score (nSPS) is 8.94. The molecule has 4 heteroatoms. The van der Waals surface area contributed by atoms with Crippen LogP contribution in [0.3, 0.4) is 0 Å². The summed E-state index contributed by atoms with van der Waals surface area (Å²) in [6.07, 6.45) is 3.87. The molecular formula is C12H22ClNO2. The summed E-state index contributed by atoms with van der Waals surface area (Å²) in [6.45, 7) is 14.0. The van der Waals surface area contributed by atoms with E-state index >= 15 is 0 Å². The number of halogens is 1. The van der Waals surface area contributed by atoms with Crippen molar-refractivity contribution < 1.29 is 26.8 Å². The number of rotatable bonds is 5. The third kappa shape index (κ3) is 15.4. The second kappa shape index (κ2) is 10.5. The van der Waals surface area contributed by atoms with Gasteiger partial charge in [0.05, 0.1) is 27.2 Å². The molecule has 0 aromatic carbocycles. The molecule has 0 bridgehead atoms. The van der Waals surface area contributed by atoms with Crippen molar-refractivity contribution in [3.63, 3.8) is 0 Å². The maximum absolute atomic E-state index is 9.60. The standard InChI is InChI=1S/C8H16N.C4H6O2.ClH/c1-5-7-9(3,4)8-6-2;1-3(2)4(5)6;/h5-6H,1-2,7-8H2,3-4H3;1H2,2H3,(H,5,6);1H/q+1;;/p-1. The van der Waals surface area contributed by atoms with Crippen molar-refractivity contribution in [2.24, 2.45) is 0 Å². The fourth-order valence-electron chi connectivity index (χ4n) is 0.774. The molecule has 0 heterocycles. The van der Waals surface area contributed by atoms with E-state index in [1.807, 2.05) is 12.2 Å². The lowest BCUT2D eigenvalue weighted by Crippen LogP contribution is -3.00. The summed E-state index contributed by atoms with van der Waals surface area (Å²) >= 11 is 0. The minimum absolute atomic E-state index is 0. The first-order valence-electron chi connectivity index (χ1n) is 4.69. The fraction of sp³-hybridized carbons (Fsp3) is 0.417. The van der Waals surface area contributed by atoms with Gasteiger partial charge in [-0.25, -0.2) is 4.79 Å². The molecule has 0 rings (SSSR count). The Morgan fingerprint density at radius 1 is 1.25 bits per heavy atom. The van der Waals surface area contributed by atoms with Crippen molar-refractivity contribution in [3.05, 3.63) is 37.5 Å². The molecule has 0 fully saturated rings. The van der Waals surface area contributed by atoms with Crippen LogP contribution in [-0.2, 0) is 4.79 Å². The van der Waals surface area contributed by atoms with Crippen LogP contribution in [0.25, 0.3) is 0 Å². The quantitative estimate of drug-likeness (QED) is 0.388. The van der Waals surface area contributed by atoms with Crippen molar-refractivity contribution in [1.29, 1.82) is 0 Å². The molecule has 3 nitrogen and oxygen atoms in total. The molecule has 0 saturated heterocycles. The Hall–Kier alpha value is -1.06. The average Bonchev–Trinajstić information content (AvgIpc) is 2.04. The number of carboxylic acids is 1. The van der Waals surface area contributed by atoms with Gasteiger partial charge in [-0.2, -0.15) is 0 Å². The van der Waals surface area contributed by atoms with Gasteiger partial charge in [0.25, 0.3) is 0 Å². The molecule has 0 aliphatic heterocycles. The molecule has 0 aromatic heterocycles. The van der Waals surface area contributed by atoms with E-state index < -0.39 is 5.97 Å². The first kappa shape index (κ1) is 20.4. The van der Waals surface area contributed by atoms with Gasteiger partial charge in [0.15, 0.2) is 0 Å². The minimum Gasteiger partial charge on any atom is -1.00 e. The monoisotopic (exact) mass is 247 g/mol. The van der Waals surface area contributed by atoms with Gasteiger partial charge in [-0.1, -0.05) is 19.7 Å². The van der Waals surface area contributed by atoms with Crippen LogP contribution in [0.5, 0.6) is 0 Å². The Bertz CT molecular complexity index is 223. The van der Waals surface area contributed by atoms with Gasteiger partial charge in [0, 0.05) is 5.57 Å². The Morgan fingerprint density at radius 3 is 1.62 bits per heavy atom. The van der Waals surface area contributed by atoms with E-state index in [-0.39, 0.29) is 18.0 Å². The van der Waals surface area contributed by atoms with Crippen molar-refractivity contribution in [2.45, 2.75) is 6.92 Å². The van der Waals surface area contributed by atoms with Crippen molar-refractivity contribution >= 4 is 5.97 Å². The van der Waals surface area contributed by atoms with E-state index in [4.69, 9.17) is 5.11 Å². The SMILES string of the molecule is C=C(C)C(=O)O.C=CC[N+](C)(C)CC=C.[Cl-]. The van der Waals surface area contributed by atoms with E-state index in [9.17, 15) is 4.79 Å².